The minimum Gasteiger partial charge on any atom is -0.510 e. The Labute approximate surface area is 144 Å². The van der Waals surface area contributed by atoms with Gasteiger partial charge in [0.15, 0.2) is 0 Å². The highest BCUT2D eigenvalue weighted by Gasteiger charge is 2.34. The molecule has 24 heavy (non-hydrogen) atoms. The second-order valence-electron chi connectivity index (χ2n) is 6.22. The van der Waals surface area contributed by atoms with Crippen LogP contribution in [-0.2, 0) is 0 Å². The molecule has 1 aromatic carbocycles. The third-order valence-corrected chi connectivity index (χ3v) is 5.25. The van der Waals surface area contributed by atoms with E-state index < -0.39 is 0 Å². The molecule has 0 bridgehead atoms. The van der Waals surface area contributed by atoms with Crippen molar-refractivity contribution >= 4 is 22.7 Å². The standard InChI is InChI=1S/C18H16N4OS/c19-7-11-3-5-13(6-4-11)14-10-24-18(21-14)16-15(23)9-22(17(16)20)8-12-1-2-12/h3-6,10,12,20,23H,1-2,8-9H2. The molecule has 0 saturated heterocycles. The summed E-state index contributed by atoms with van der Waals surface area (Å²) in [6.07, 6.45) is 2.44. The Balaban J connectivity index is 1.58. The molecule has 2 heterocycles. The number of nitrogens with one attached hydrogen (secondary N) is 1. The van der Waals surface area contributed by atoms with Crippen LogP contribution < -0.4 is 0 Å². The summed E-state index contributed by atoms with van der Waals surface area (Å²) in [7, 11) is 0. The first kappa shape index (κ1) is 14.9. The summed E-state index contributed by atoms with van der Waals surface area (Å²) in [5, 5.41) is 30.1. The predicted octanol–water partition coefficient (Wildman–Crippen LogP) is 3.65. The number of aromatic nitrogens is 1. The third kappa shape index (κ3) is 2.68. The predicted molar refractivity (Wildman–Crippen MR) is 93.8 cm³/mol. The molecule has 1 aliphatic carbocycles. The van der Waals surface area contributed by atoms with Gasteiger partial charge in [0.2, 0.25) is 0 Å². The Morgan fingerprint density at radius 2 is 2.08 bits per heavy atom. The maximum atomic E-state index is 10.3. The van der Waals surface area contributed by atoms with Gasteiger partial charge in [0.1, 0.15) is 16.6 Å². The fourth-order valence-corrected chi connectivity index (χ4v) is 3.76. The van der Waals surface area contributed by atoms with Crippen LogP contribution in [0, 0.1) is 22.7 Å². The highest BCUT2D eigenvalue weighted by Crippen LogP contribution is 2.35. The highest BCUT2D eigenvalue weighted by atomic mass is 32.1. The zero-order valence-corrected chi connectivity index (χ0v) is 13.8. The molecule has 2 N–H and O–H groups in total. The van der Waals surface area contributed by atoms with Gasteiger partial charge in [-0.05, 0) is 30.9 Å². The Bertz CT molecular complexity index is 871. The van der Waals surface area contributed by atoms with Crippen LogP contribution in [0.3, 0.4) is 0 Å². The minimum atomic E-state index is 0.237. The number of hydrogen-bond acceptors (Lipinski definition) is 5. The van der Waals surface area contributed by atoms with Gasteiger partial charge in [0.25, 0.3) is 0 Å². The van der Waals surface area contributed by atoms with E-state index in [0.29, 0.717) is 34.4 Å². The Hall–Kier alpha value is -2.65. The summed E-state index contributed by atoms with van der Waals surface area (Å²) in [5.74, 6) is 1.28. The number of benzene rings is 1. The van der Waals surface area contributed by atoms with E-state index in [0.717, 1.165) is 17.8 Å². The second-order valence-corrected chi connectivity index (χ2v) is 7.08. The summed E-state index contributed by atoms with van der Waals surface area (Å²) in [6.45, 7) is 1.26. The molecular formula is C18H16N4OS. The van der Waals surface area contributed by atoms with Gasteiger partial charge in [-0.25, -0.2) is 4.98 Å². The Morgan fingerprint density at radius 3 is 2.75 bits per heavy atom. The average molecular weight is 336 g/mol. The third-order valence-electron chi connectivity index (χ3n) is 4.39. The molecule has 2 aromatic rings. The normalized spacial score (nSPS) is 17.5. The minimum absolute atomic E-state index is 0.237. The van der Waals surface area contributed by atoms with Crippen molar-refractivity contribution in [1.82, 2.24) is 9.88 Å². The van der Waals surface area contributed by atoms with Gasteiger partial charge in [-0.3, -0.25) is 5.41 Å². The molecule has 6 heteroatoms. The van der Waals surface area contributed by atoms with Crippen molar-refractivity contribution in [3.05, 3.63) is 46.0 Å². The van der Waals surface area contributed by atoms with Crippen LogP contribution in [0.25, 0.3) is 16.8 Å². The summed E-state index contributed by atoms with van der Waals surface area (Å²) in [6, 6.07) is 9.36. The van der Waals surface area contributed by atoms with Crippen molar-refractivity contribution < 1.29 is 5.11 Å². The van der Waals surface area contributed by atoms with Crippen LogP contribution in [0.1, 0.15) is 23.4 Å². The first-order valence-electron chi connectivity index (χ1n) is 7.88. The van der Waals surface area contributed by atoms with Crippen LogP contribution in [0.5, 0.6) is 0 Å². The molecule has 0 radical (unpaired) electrons. The molecule has 5 nitrogen and oxygen atoms in total. The fourth-order valence-electron chi connectivity index (χ4n) is 2.86. The molecule has 0 amide bonds. The van der Waals surface area contributed by atoms with Gasteiger partial charge in [-0.1, -0.05) is 12.1 Å². The van der Waals surface area contributed by atoms with Crippen LogP contribution in [-0.4, -0.2) is 33.9 Å². The summed E-state index contributed by atoms with van der Waals surface area (Å²) >= 11 is 1.43. The lowest BCUT2D eigenvalue weighted by molar-refractivity contribution is 0.343. The van der Waals surface area contributed by atoms with Crippen LogP contribution >= 0.6 is 11.3 Å². The molecule has 1 fully saturated rings. The molecule has 4 rings (SSSR count). The van der Waals surface area contributed by atoms with Crippen LogP contribution in [0.15, 0.2) is 35.4 Å². The Morgan fingerprint density at radius 1 is 1.33 bits per heavy atom. The average Bonchev–Trinajstić information content (AvgIpc) is 3.20. The van der Waals surface area contributed by atoms with Crippen molar-refractivity contribution in [2.24, 2.45) is 5.92 Å². The summed E-state index contributed by atoms with van der Waals surface area (Å²) in [5.41, 5.74) is 2.90. The van der Waals surface area contributed by atoms with Crippen molar-refractivity contribution in [3.8, 4) is 17.3 Å². The zero-order valence-electron chi connectivity index (χ0n) is 13.0. The van der Waals surface area contributed by atoms with E-state index in [-0.39, 0.29) is 5.76 Å². The monoisotopic (exact) mass is 336 g/mol. The topological polar surface area (TPSA) is 84.0 Å². The van der Waals surface area contributed by atoms with Crippen molar-refractivity contribution in [2.45, 2.75) is 12.8 Å². The lowest BCUT2D eigenvalue weighted by Crippen LogP contribution is -2.28. The molecule has 0 spiro atoms. The van der Waals surface area contributed by atoms with Gasteiger partial charge in [-0.2, -0.15) is 5.26 Å². The first-order valence-corrected chi connectivity index (χ1v) is 8.76. The van der Waals surface area contributed by atoms with Crippen LogP contribution in [0.2, 0.25) is 0 Å². The molecule has 1 saturated carbocycles. The molecule has 120 valence electrons. The van der Waals surface area contributed by atoms with E-state index in [9.17, 15) is 5.11 Å². The number of aliphatic hydroxyl groups is 1. The smallest absolute Gasteiger partial charge is 0.135 e. The van der Waals surface area contributed by atoms with Gasteiger partial charge in [0.05, 0.1) is 29.4 Å². The molecule has 0 unspecified atom stereocenters. The van der Waals surface area contributed by atoms with E-state index in [1.54, 1.807) is 12.1 Å². The molecule has 1 aliphatic heterocycles. The van der Waals surface area contributed by atoms with Gasteiger partial charge in [0, 0.05) is 17.5 Å². The lowest BCUT2D eigenvalue weighted by Gasteiger charge is -2.17. The SMILES string of the molecule is N#Cc1ccc(-c2csc(C3=C(O)CN(CC4CC4)C3=N)n2)cc1. The second kappa shape index (κ2) is 5.77. The number of rotatable bonds is 4. The van der Waals surface area contributed by atoms with Crippen molar-refractivity contribution in [3.63, 3.8) is 0 Å². The number of nitrogens with zero attached hydrogens (tertiary/aromatic N) is 3. The van der Waals surface area contributed by atoms with Crippen LogP contribution in [0.4, 0.5) is 0 Å². The molecule has 1 aromatic heterocycles. The van der Waals surface area contributed by atoms with E-state index in [1.807, 2.05) is 22.4 Å². The van der Waals surface area contributed by atoms with E-state index in [2.05, 4.69) is 11.1 Å². The van der Waals surface area contributed by atoms with Crippen molar-refractivity contribution in [2.75, 3.05) is 13.1 Å². The van der Waals surface area contributed by atoms with Gasteiger partial charge >= 0.3 is 0 Å². The van der Waals surface area contributed by atoms with E-state index >= 15 is 0 Å². The highest BCUT2D eigenvalue weighted by molar-refractivity contribution is 7.11. The first-order chi connectivity index (χ1) is 11.7. The Kier molecular flexibility index (Phi) is 3.58. The number of aliphatic hydroxyl groups excluding tert-OH is 1. The lowest BCUT2D eigenvalue weighted by atomic mass is 10.1. The number of nitriles is 1. The zero-order chi connectivity index (χ0) is 16.7. The summed E-state index contributed by atoms with van der Waals surface area (Å²) in [4.78, 5) is 6.53. The largest absolute Gasteiger partial charge is 0.510 e. The summed E-state index contributed by atoms with van der Waals surface area (Å²) < 4.78 is 0. The van der Waals surface area contributed by atoms with Gasteiger partial charge in [-0.15, -0.1) is 11.3 Å². The number of hydrogen-bond donors (Lipinski definition) is 2. The maximum Gasteiger partial charge on any atom is 0.135 e. The molecular weight excluding hydrogens is 320 g/mol. The van der Waals surface area contributed by atoms with Crippen molar-refractivity contribution in [1.29, 1.82) is 10.7 Å². The quantitative estimate of drug-likeness (QED) is 0.892. The van der Waals surface area contributed by atoms with Gasteiger partial charge < -0.3 is 10.0 Å². The van der Waals surface area contributed by atoms with E-state index in [1.165, 1.54) is 24.2 Å². The molecule has 0 atom stereocenters. The maximum absolute atomic E-state index is 10.3. The number of amidine groups is 1. The number of thiazole rings is 1. The molecule has 2 aliphatic rings. The fraction of sp³-hybridized carbons (Fsp3) is 0.278. The van der Waals surface area contributed by atoms with E-state index in [4.69, 9.17) is 10.7 Å².